The van der Waals surface area contributed by atoms with E-state index in [1.807, 2.05) is 0 Å². The van der Waals surface area contributed by atoms with E-state index in [-0.39, 0.29) is 24.8 Å². The molecule has 0 rings (SSSR count). The molecule has 26 heteroatoms. The highest BCUT2D eigenvalue weighted by Crippen LogP contribution is 2.13. The van der Waals surface area contributed by atoms with Gasteiger partial charge in [0.05, 0.1) is 70.0 Å². The van der Waals surface area contributed by atoms with Crippen LogP contribution in [0.1, 0.15) is 308 Å². The Morgan fingerprint density at radius 3 is 0.209 bits per heavy atom. The second kappa shape index (κ2) is 79.2. The standard InChI is InChI=1S/6C10H22N4.2ClH/c6*11-9(12)7-5-3-1-2-4-6-8-10(13)14;;/h6*1-8H2,(H3,11,12)(H3,13,14);2*1H. The number of hydrogen-bond donors (Lipinski definition) is 24. The first kappa shape index (κ1) is 96.5. The Morgan fingerprint density at radius 1 is 0.116 bits per heavy atom. The quantitative estimate of drug-likeness (QED) is 0.0153. The van der Waals surface area contributed by atoms with E-state index >= 15 is 0 Å². The molecule has 0 radical (unpaired) electrons. The van der Waals surface area contributed by atoms with Gasteiger partial charge in [0.25, 0.3) is 0 Å². The van der Waals surface area contributed by atoms with Gasteiger partial charge in [-0.1, -0.05) is 154 Å². The van der Waals surface area contributed by atoms with E-state index in [4.69, 9.17) is 134 Å². The molecule has 24 nitrogen and oxygen atoms in total. The minimum Gasteiger partial charge on any atom is -0.388 e. The zero-order chi connectivity index (χ0) is 64.9. The summed E-state index contributed by atoms with van der Waals surface area (Å²) in [7, 11) is 0. The number of nitrogens with one attached hydrogen (secondary N) is 12. The number of hydrogen-bond acceptors (Lipinski definition) is 12. The highest BCUT2D eigenvalue weighted by Gasteiger charge is 2.00. The van der Waals surface area contributed by atoms with Crippen LogP contribution in [0, 0.1) is 64.9 Å². The maximum absolute atomic E-state index is 7.03. The first-order valence-corrected chi connectivity index (χ1v) is 31.7. The van der Waals surface area contributed by atoms with Gasteiger partial charge in [-0.25, -0.2) is 0 Å². The number of rotatable bonds is 54. The summed E-state index contributed by atoms with van der Waals surface area (Å²) >= 11 is 0. The number of nitrogens with two attached hydrogens (primary N) is 12. The van der Waals surface area contributed by atoms with Crippen LogP contribution >= 0.6 is 24.8 Å². The third-order valence-electron chi connectivity index (χ3n) is 12.9. The molecule has 0 aliphatic carbocycles. The molecule has 0 unspecified atom stereocenters. The van der Waals surface area contributed by atoms with Crippen molar-refractivity contribution in [3.63, 3.8) is 0 Å². The molecule has 0 fully saturated rings. The van der Waals surface area contributed by atoms with E-state index in [1.54, 1.807) is 0 Å². The lowest BCUT2D eigenvalue weighted by molar-refractivity contribution is 0.606. The Balaban J connectivity index is -0.000000141. The third-order valence-corrected chi connectivity index (χ3v) is 12.9. The topological polar surface area (TPSA) is 598 Å². The molecule has 0 aliphatic rings. The van der Waals surface area contributed by atoms with Gasteiger partial charge in [-0.3, -0.25) is 64.9 Å². The molecule has 0 aromatic heterocycles. The van der Waals surface area contributed by atoms with Crippen LogP contribution < -0.4 is 68.8 Å². The van der Waals surface area contributed by atoms with Crippen molar-refractivity contribution in [2.45, 2.75) is 308 Å². The highest BCUT2D eigenvalue weighted by molar-refractivity contribution is 5.86. The van der Waals surface area contributed by atoms with Gasteiger partial charge < -0.3 is 68.8 Å². The van der Waals surface area contributed by atoms with Crippen LogP contribution in [0.15, 0.2) is 0 Å². The monoisotopic (exact) mass is 1260 g/mol. The Kier molecular flexibility index (Phi) is 88.9. The molecular formula is C60H134Cl2N24. The molecule has 508 valence electrons. The minimum atomic E-state index is 0. The van der Waals surface area contributed by atoms with Crippen molar-refractivity contribution >= 4 is 94.8 Å². The predicted octanol–water partition coefficient (Wildman–Crippen LogP) is 12.7. The van der Waals surface area contributed by atoms with Crippen molar-refractivity contribution in [1.82, 2.24) is 0 Å². The summed E-state index contributed by atoms with van der Waals surface area (Å²) in [6.45, 7) is 0. The Labute approximate surface area is 534 Å². The van der Waals surface area contributed by atoms with Gasteiger partial charge in [-0.05, 0) is 77.0 Å². The van der Waals surface area contributed by atoms with Crippen molar-refractivity contribution in [2.75, 3.05) is 0 Å². The molecule has 0 aromatic carbocycles. The number of unbranched alkanes of at least 4 members (excludes halogenated alkanes) is 30. The SMILES string of the molecule is Cl.Cl.N=C(N)CCCCCCCCC(=N)N.N=C(N)CCCCCCCCC(=N)N.N=C(N)CCCCCCCCC(=N)N.N=C(N)CCCCCCCCC(=N)N.N=C(N)CCCCCCCCC(=N)N.N=C(N)CCCCCCCCC(=N)N. The Hall–Kier alpha value is -5.78. The van der Waals surface area contributed by atoms with Crippen molar-refractivity contribution in [3.8, 4) is 0 Å². The van der Waals surface area contributed by atoms with Crippen molar-refractivity contribution in [1.29, 1.82) is 64.9 Å². The van der Waals surface area contributed by atoms with Gasteiger partial charge in [0, 0.05) is 77.0 Å². The lowest BCUT2D eigenvalue weighted by Gasteiger charge is -2.01. The fourth-order valence-electron chi connectivity index (χ4n) is 8.03. The molecule has 36 N–H and O–H groups in total. The maximum Gasteiger partial charge on any atom is 0.0905 e. The van der Waals surface area contributed by atoms with Gasteiger partial charge in [0.2, 0.25) is 0 Å². The van der Waals surface area contributed by atoms with Gasteiger partial charge >= 0.3 is 0 Å². The van der Waals surface area contributed by atoms with Crippen molar-refractivity contribution in [2.24, 2.45) is 68.8 Å². The summed E-state index contributed by atoms with van der Waals surface area (Å²) in [6, 6.07) is 0. The molecule has 0 saturated carbocycles. The van der Waals surface area contributed by atoms with Gasteiger partial charge in [-0.2, -0.15) is 0 Å². The molecule has 0 aliphatic heterocycles. The highest BCUT2D eigenvalue weighted by atomic mass is 35.5. The van der Waals surface area contributed by atoms with Crippen LogP contribution in [-0.4, -0.2) is 70.0 Å². The van der Waals surface area contributed by atoms with Crippen LogP contribution in [-0.2, 0) is 0 Å². The van der Waals surface area contributed by atoms with Crippen LogP contribution in [0.25, 0.3) is 0 Å². The maximum atomic E-state index is 7.03. The second-order valence-electron chi connectivity index (χ2n) is 22.0. The molecule has 0 amide bonds. The first-order chi connectivity index (χ1) is 39.8. The van der Waals surface area contributed by atoms with E-state index in [0.717, 1.165) is 231 Å². The average Bonchev–Trinajstić information content (AvgIpc) is 3.38. The van der Waals surface area contributed by atoms with Gasteiger partial charge in [0.1, 0.15) is 0 Å². The Morgan fingerprint density at radius 2 is 0.163 bits per heavy atom. The number of halogens is 2. The zero-order valence-corrected chi connectivity index (χ0v) is 55.3. The summed E-state index contributed by atoms with van der Waals surface area (Å²) in [4.78, 5) is 0. The first-order valence-electron chi connectivity index (χ1n) is 31.7. The average molecular weight is 1260 g/mol. The molecule has 86 heavy (non-hydrogen) atoms. The van der Waals surface area contributed by atoms with Crippen LogP contribution in [0.5, 0.6) is 0 Å². The van der Waals surface area contributed by atoms with Crippen LogP contribution in [0.4, 0.5) is 0 Å². The molecule has 0 atom stereocenters. The molecule has 0 saturated heterocycles. The van der Waals surface area contributed by atoms with Gasteiger partial charge in [-0.15, -0.1) is 24.8 Å². The van der Waals surface area contributed by atoms with E-state index in [1.165, 1.54) is 77.0 Å². The van der Waals surface area contributed by atoms with Crippen LogP contribution in [0.3, 0.4) is 0 Å². The summed E-state index contributed by atoms with van der Waals surface area (Å²) in [5, 5.41) is 84.3. The van der Waals surface area contributed by atoms with Crippen molar-refractivity contribution < 1.29 is 0 Å². The van der Waals surface area contributed by atoms with E-state index < -0.39 is 0 Å². The van der Waals surface area contributed by atoms with Crippen LogP contribution in [0.2, 0.25) is 0 Å². The summed E-state index contributed by atoms with van der Waals surface area (Å²) < 4.78 is 0. The third kappa shape index (κ3) is 129. The molecule has 0 spiro atoms. The number of amidine groups is 12. The molecular weight excluding hydrogens is 1130 g/mol. The van der Waals surface area contributed by atoms with E-state index in [2.05, 4.69) is 0 Å². The summed E-state index contributed by atoms with van der Waals surface area (Å²) in [5.41, 5.74) is 62.8. The molecule has 0 bridgehead atoms. The van der Waals surface area contributed by atoms with E-state index in [9.17, 15) is 0 Å². The fourth-order valence-corrected chi connectivity index (χ4v) is 8.03. The molecule has 0 heterocycles. The summed E-state index contributed by atoms with van der Waals surface area (Å²) in [5.74, 6) is 3.52. The smallest absolute Gasteiger partial charge is 0.0905 e. The van der Waals surface area contributed by atoms with Crippen molar-refractivity contribution in [3.05, 3.63) is 0 Å². The normalized spacial score (nSPS) is 9.77. The Bertz CT molecular complexity index is 1270. The lowest BCUT2D eigenvalue weighted by atomic mass is 10.1. The van der Waals surface area contributed by atoms with E-state index in [0.29, 0.717) is 70.0 Å². The second-order valence-corrected chi connectivity index (χ2v) is 22.0. The summed E-state index contributed by atoms with van der Waals surface area (Å²) in [6.07, 6.45) is 49.3. The zero-order valence-electron chi connectivity index (χ0n) is 53.7. The lowest BCUT2D eigenvalue weighted by Crippen LogP contribution is -2.08. The molecule has 0 aromatic rings. The fraction of sp³-hybridized carbons (Fsp3) is 0.800. The largest absolute Gasteiger partial charge is 0.388 e. The minimum absolute atomic E-state index is 0. The predicted molar refractivity (Wildman–Crippen MR) is 379 cm³/mol. The van der Waals surface area contributed by atoms with Gasteiger partial charge in [0.15, 0.2) is 0 Å².